The molecule has 2 aliphatic rings. The van der Waals surface area contributed by atoms with E-state index in [0.717, 1.165) is 13.0 Å². The quantitative estimate of drug-likeness (QED) is 0.694. The zero-order valence-electron chi connectivity index (χ0n) is 12.4. The lowest BCUT2D eigenvalue weighted by molar-refractivity contribution is 0.109. The molecular formula is C14H28N4S. The van der Waals surface area contributed by atoms with Gasteiger partial charge in [0.05, 0.1) is 4.99 Å². The summed E-state index contributed by atoms with van der Waals surface area (Å²) in [6, 6.07) is 0. The van der Waals surface area contributed by atoms with Crippen LogP contribution in [0.4, 0.5) is 0 Å². The second kappa shape index (κ2) is 6.48. The molecule has 2 fully saturated rings. The number of hydrogen-bond acceptors (Lipinski definition) is 4. The van der Waals surface area contributed by atoms with Crippen molar-refractivity contribution in [2.75, 3.05) is 59.9 Å². The van der Waals surface area contributed by atoms with Crippen LogP contribution < -0.4 is 5.73 Å². The van der Waals surface area contributed by atoms with E-state index in [1.165, 1.54) is 52.1 Å². The van der Waals surface area contributed by atoms with Gasteiger partial charge in [0, 0.05) is 52.2 Å². The summed E-state index contributed by atoms with van der Waals surface area (Å²) in [5, 5.41) is 0. The predicted octanol–water partition coefficient (Wildman–Crippen LogP) is 0.622. The Morgan fingerprint density at radius 1 is 1.16 bits per heavy atom. The molecule has 1 saturated heterocycles. The smallest absolute Gasteiger partial charge is 0.0733 e. The third-order valence-electron chi connectivity index (χ3n) is 4.39. The summed E-state index contributed by atoms with van der Waals surface area (Å²) in [5.41, 5.74) is 6.16. The van der Waals surface area contributed by atoms with Gasteiger partial charge in [-0.2, -0.15) is 0 Å². The lowest BCUT2D eigenvalue weighted by Crippen LogP contribution is -2.49. The number of nitrogens with two attached hydrogens (primary N) is 1. The summed E-state index contributed by atoms with van der Waals surface area (Å²) in [5.74, 6) is 0. The van der Waals surface area contributed by atoms with E-state index in [1.807, 2.05) is 0 Å². The number of nitrogens with zero attached hydrogens (tertiary/aromatic N) is 3. The van der Waals surface area contributed by atoms with E-state index in [2.05, 4.69) is 28.8 Å². The van der Waals surface area contributed by atoms with E-state index in [4.69, 9.17) is 18.0 Å². The number of thiocarbonyl (C=S) groups is 1. The first-order chi connectivity index (χ1) is 8.99. The molecule has 0 unspecified atom stereocenters. The number of likely N-dealkylation sites (N-methyl/N-ethyl adjacent to an activating group) is 1. The van der Waals surface area contributed by atoms with Gasteiger partial charge in [0.1, 0.15) is 0 Å². The van der Waals surface area contributed by atoms with Crippen LogP contribution in [0.25, 0.3) is 0 Å². The molecule has 0 radical (unpaired) electrons. The molecule has 1 aliphatic carbocycles. The van der Waals surface area contributed by atoms with E-state index in [9.17, 15) is 0 Å². The maximum Gasteiger partial charge on any atom is 0.0733 e. The first-order valence-electron chi connectivity index (χ1n) is 7.37. The van der Waals surface area contributed by atoms with Gasteiger partial charge in [0.2, 0.25) is 0 Å². The van der Waals surface area contributed by atoms with E-state index in [1.54, 1.807) is 0 Å². The van der Waals surface area contributed by atoms with Crippen molar-refractivity contribution in [3.05, 3.63) is 0 Å². The highest BCUT2D eigenvalue weighted by molar-refractivity contribution is 7.80. The molecule has 0 bridgehead atoms. The topological polar surface area (TPSA) is 35.7 Å². The summed E-state index contributed by atoms with van der Waals surface area (Å²) in [6.45, 7) is 8.36. The van der Waals surface area contributed by atoms with Crippen LogP contribution in [0.3, 0.4) is 0 Å². The fourth-order valence-electron chi connectivity index (χ4n) is 2.92. The van der Waals surface area contributed by atoms with Gasteiger partial charge in [-0.15, -0.1) is 0 Å². The van der Waals surface area contributed by atoms with Crippen molar-refractivity contribution in [1.82, 2.24) is 14.7 Å². The van der Waals surface area contributed by atoms with E-state index < -0.39 is 0 Å². The van der Waals surface area contributed by atoms with Gasteiger partial charge in [-0.05, 0) is 32.4 Å². The Hall–Kier alpha value is -0.230. The minimum atomic E-state index is 0.442. The zero-order valence-corrected chi connectivity index (χ0v) is 13.2. The highest BCUT2D eigenvalue weighted by Crippen LogP contribution is 2.49. The van der Waals surface area contributed by atoms with Crippen molar-refractivity contribution in [1.29, 1.82) is 0 Å². The van der Waals surface area contributed by atoms with Gasteiger partial charge >= 0.3 is 0 Å². The first kappa shape index (κ1) is 15.2. The average Bonchev–Trinajstić information content (AvgIpc) is 3.06. The highest BCUT2D eigenvalue weighted by atomic mass is 32.1. The SMILES string of the molecule is CN(C)CCN1CCN(CC2(CC(N)=S)CC2)CC1. The van der Waals surface area contributed by atoms with Crippen LogP contribution >= 0.6 is 12.2 Å². The molecule has 0 aromatic carbocycles. The molecule has 2 N–H and O–H groups in total. The second-order valence-corrected chi connectivity index (χ2v) is 7.09. The number of hydrogen-bond donors (Lipinski definition) is 1. The molecule has 0 amide bonds. The molecule has 0 spiro atoms. The molecule has 4 nitrogen and oxygen atoms in total. The maximum atomic E-state index is 5.71. The minimum Gasteiger partial charge on any atom is -0.393 e. The Labute approximate surface area is 122 Å². The molecule has 1 heterocycles. The molecule has 0 aromatic rings. The third-order valence-corrected chi connectivity index (χ3v) is 4.54. The normalized spacial score (nSPS) is 23.7. The largest absolute Gasteiger partial charge is 0.393 e. The fourth-order valence-corrected chi connectivity index (χ4v) is 3.23. The van der Waals surface area contributed by atoms with Gasteiger partial charge in [-0.3, -0.25) is 4.90 Å². The van der Waals surface area contributed by atoms with Crippen molar-refractivity contribution < 1.29 is 0 Å². The van der Waals surface area contributed by atoms with Gasteiger partial charge < -0.3 is 15.5 Å². The lowest BCUT2D eigenvalue weighted by atomic mass is 10.0. The molecule has 19 heavy (non-hydrogen) atoms. The summed E-state index contributed by atoms with van der Waals surface area (Å²) in [6.07, 6.45) is 3.57. The standard InChI is InChI=1S/C14H28N4S/c1-16(2)5-6-17-7-9-18(10-8-17)12-14(3-4-14)11-13(15)19/h3-12H2,1-2H3,(H2,15,19). The highest BCUT2D eigenvalue weighted by Gasteiger charge is 2.44. The zero-order chi connectivity index (χ0) is 13.9. The molecule has 0 atom stereocenters. The maximum absolute atomic E-state index is 5.71. The van der Waals surface area contributed by atoms with Gasteiger partial charge in [-0.25, -0.2) is 0 Å². The predicted molar refractivity (Wildman–Crippen MR) is 84.5 cm³/mol. The molecule has 1 aliphatic heterocycles. The second-order valence-electron chi connectivity index (χ2n) is 6.56. The molecule has 110 valence electrons. The summed E-state index contributed by atoms with van der Waals surface area (Å²) in [4.78, 5) is 8.14. The number of rotatable bonds is 7. The summed E-state index contributed by atoms with van der Waals surface area (Å²) >= 11 is 5.08. The van der Waals surface area contributed by atoms with Crippen molar-refractivity contribution in [2.45, 2.75) is 19.3 Å². The van der Waals surface area contributed by atoms with Crippen molar-refractivity contribution in [3.63, 3.8) is 0 Å². The van der Waals surface area contributed by atoms with Gasteiger partial charge in [0.15, 0.2) is 0 Å². The van der Waals surface area contributed by atoms with Crippen molar-refractivity contribution in [2.24, 2.45) is 11.1 Å². The van der Waals surface area contributed by atoms with Crippen LogP contribution in [0.5, 0.6) is 0 Å². The lowest BCUT2D eigenvalue weighted by Gasteiger charge is -2.37. The van der Waals surface area contributed by atoms with Gasteiger partial charge in [-0.1, -0.05) is 12.2 Å². The summed E-state index contributed by atoms with van der Waals surface area (Å²) in [7, 11) is 4.28. The number of piperazine rings is 1. The van der Waals surface area contributed by atoms with Crippen molar-refractivity contribution >= 4 is 17.2 Å². The van der Waals surface area contributed by atoms with Crippen LogP contribution in [0.2, 0.25) is 0 Å². The summed E-state index contributed by atoms with van der Waals surface area (Å²) < 4.78 is 0. The first-order valence-corrected chi connectivity index (χ1v) is 7.78. The Bertz CT molecular complexity index is 307. The Kier molecular flexibility index (Phi) is 5.17. The van der Waals surface area contributed by atoms with Crippen molar-refractivity contribution in [3.8, 4) is 0 Å². The fraction of sp³-hybridized carbons (Fsp3) is 0.929. The third kappa shape index (κ3) is 4.99. The molecule has 0 aromatic heterocycles. The average molecular weight is 284 g/mol. The molecular weight excluding hydrogens is 256 g/mol. The monoisotopic (exact) mass is 284 g/mol. The van der Waals surface area contributed by atoms with Crippen LogP contribution in [-0.2, 0) is 0 Å². The van der Waals surface area contributed by atoms with E-state index in [0.29, 0.717) is 10.4 Å². The minimum absolute atomic E-state index is 0.442. The Balaban J connectivity index is 1.67. The van der Waals surface area contributed by atoms with Crippen LogP contribution in [0.1, 0.15) is 19.3 Å². The Morgan fingerprint density at radius 2 is 1.74 bits per heavy atom. The van der Waals surface area contributed by atoms with Gasteiger partial charge in [0.25, 0.3) is 0 Å². The van der Waals surface area contributed by atoms with Crippen LogP contribution in [-0.4, -0.2) is 79.6 Å². The van der Waals surface area contributed by atoms with Crippen LogP contribution in [0, 0.1) is 5.41 Å². The molecule has 1 saturated carbocycles. The Morgan fingerprint density at radius 3 is 2.21 bits per heavy atom. The van der Waals surface area contributed by atoms with E-state index >= 15 is 0 Å². The molecule has 2 rings (SSSR count). The van der Waals surface area contributed by atoms with Crippen LogP contribution in [0.15, 0.2) is 0 Å². The van der Waals surface area contributed by atoms with E-state index in [-0.39, 0.29) is 0 Å². The molecule has 5 heteroatoms.